The third kappa shape index (κ3) is 3.26. The van der Waals surface area contributed by atoms with Crippen molar-refractivity contribution in [3.8, 4) is 34.2 Å². The molecule has 0 aliphatic carbocycles. The van der Waals surface area contributed by atoms with Crippen LogP contribution in [0.4, 0.5) is 0 Å². The Hall–Kier alpha value is -4.65. The highest BCUT2D eigenvalue weighted by Gasteiger charge is 2.18. The van der Waals surface area contributed by atoms with Gasteiger partial charge in [0, 0.05) is 24.2 Å². The molecule has 0 aliphatic heterocycles. The molecule has 0 saturated carbocycles. The summed E-state index contributed by atoms with van der Waals surface area (Å²) < 4.78 is 25.2. The summed E-state index contributed by atoms with van der Waals surface area (Å²) in [6.45, 7) is 0. The molecule has 168 valence electrons. The third-order valence-corrected chi connectivity index (χ3v) is 6.21. The van der Waals surface area contributed by atoms with Crippen LogP contribution in [0.1, 0.15) is 0 Å². The van der Waals surface area contributed by atoms with Crippen LogP contribution in [0.25, 0.3) is 50.5 Å². The van der Waals surface area contributed by atoms with Gasteiger partial charge in [0.2, 0.25) is 0 Å². The fourth-order valence-corrected chi connectivity index (χ4v) is 4.18. The molecule has 34 heavy (non-hydrogen) atoms. The largest absolute Gasteiger partial charge is 0.506 e. The van der Waals surface area contributed by atoms with Gasteiger partial charge in [0.15, 0.2) is 26.4 Å². The van der Waals surface area contributed by atoms with Gasteiger partial charge >= 0.3 is 0 Å². The molecule has 6 aromatic rings. The van der Waals surface area contributed by atoms with Gasteiger partial charge in [-0.1, -0.05) is 0 Å². The number of H-pyrrole nitrogens is 2. The summed E-state index contributed by atoms with van der Waals surface area (Å²) in [5.41, 5.74) is 4.81. The van der Waals surface area contributed by atoms with E-state index < -0.39 is 9.84 Å². The van der Waals surface area contributed by atoms with Gasteiger partial charge in [-0.25, -0.2) is 23.4 Å². The second kappa shape index (κ2) is 7.18. The lowest BCUT2D eigenvalue weighted by Crippen LogP contribution is -1.97. The van der Waals surface area contributed by atoms with E-state index in [0.29, 0.717) is 50.5 Å². The molecule has 0 bridgehead atoms. The van der Waals surface area contributed by atoms with E-state index in [4.69, 9.17) is 9.97 Å². The first-order valence-electron chi connectivity index (χ1n) is 9.95. The Morgan fingerprint density at radius 2 is 1.85 bits per heavy atom. The highest BCUT2D eigenvalue weighted by atomic mass is 32.2. The number of nitrogens with zero attached hydrogens (tertiary/aromatic N) is 7. The molecule has 0 aromatic carbocycles. The van der Waals surface area contributed by atoms with E-state index in [0.717, 1.165) is 6.26 Å². The van der Waals surface area contributed by atoms with Crippen LogP contribution >= 0.6 is 0 Å². The number of aromatic hydroxyl groups is 1. The standard InChI is InChI=1S/C21H15N9O3S/c1-34(32,33)17-9-30(10-24-17)16-8-23-7-15-18(16)27-21(26-15)20-19-14(28-29-20)3-2-13(25-19)11-4-12(31)6-22-5-11/h2-10,31H,1H3,(H,26,27)(H,28,29). The Bertz CT molecular complexity index is 1820. The molecule has 0 atom stereocenters. The number of hydrogen-bond donors (Lipinski definition) is 3. The number of aromatic nitrogens is 9. The number of nitrogens with one attached hydrogen (secondary N) is 2. The Labute approximate surface area is 191 Å². The summed E-state index contributed by atoms with van der Waals surface area (Å²) in [4.78, 5) is 24.8. The molecule has 13 heteroatoms. The Balaban J connectivity index is 1.48. The quantitative estimate of drug-likeness (QED) is 0.348. The zero-order valence-electron chi connectivity index (χ0n) is 17.5. The predicted octanol–water partition coefficient (Wildman–Crippen LogP) is 2.25. The van der Waals surface area contributed by atoms with Crippen molar-refractivity contribution in [3.63, 3.8) is 0 Å². The minimum absolute atomic E-state index is 0.0441. The van der Waals surface area contributed by atoms with Gasteiger partial charge in [-0.2, -0.15) is 5.10 Å². The zero-order chi connectivity index (χ0) is 23.4. The summed E-state index contributed by atoms with van der Waals surface area (Å²) in [5.74, 6) is 0.500. The van der Waals surface area contributed by atoms with Crippen LogP contribution in [0, 0.1) is 0 Å². The average Bonchev–Trinajstić information content (AvgIpc) is 3.55. The minimum atomic E-state index is -3.45. The van der Waals surface area contributed by atoms with E-state index in [-0.39, 0.29) is 10.8 Å². The van der Waals surface area contributed by atoms with Crippen LogP contribution < -0.4 is 0 Å². The fourth-order valence-electron chi connectivity index (χ4n) is 3.64. The molecule has 0 radical (unpaired) electrons. The molecule has 0 amide bonds. The molecule has 0 aliphatic rings. The van der Waals surface area contributed by atoms with Gasteiger partial charge < -0.3 is 14.7 Å². The molecule has 6 rings (SSSR count). The number of aromatic amines is 2. The van der Waals surface area contributed by atoms with Crippen LogP contribution in [0.2, 0.25) is 0 Å². The number of sulfone groups is 1. The maximum Gasteiger partial charge on any atom is 0.194 e. The Morgan fingerprint density at radius 3 is 2.65 bits per heavy atom. The Morgan fingerprint density at radius 1 is 1.00 bits per heavy atom. The molecule has 0 unspecified atom stereocenters. The topological polar surface area (TPSA) is 168 Å². The van der Waals surface area contributed by atoms with Crippen molar-refractivity contribution in [2.75, 3.05) is 6.26 Å². The van der Waals surface area contributed by atoms with Crippen molar-refractivity contribution >= 4 is 31.9 Å². The number of fused-ring (bicyclic) bond motifs is 2. The smallest absolute Gasteiger partial charge is 0.194 e. The summed E-state index contributed by atoms with van der Waals surface area (Å²) >= 11 is 0. The molecule has 3 N–H and O–H groups in total. The van der Waals surface area contributed by atoms with E-state index >= 15 is 0 Å². The lowest BCUT2D eigenvalue weighted by atomic mass is 10.1. The highest BCUT2D eigenvalue weighted by Crippen LogP contribution is 2.29. The number of pyridine rings is 3. The Kier molecular flexibility index (Phi) is 4.22. The number of hydrogen-bond acceptors (Lipinski definition) is 9. The molecular weight excluding hydrogens is 458 g/mol. The summed E-state index contributed by atoms with van der Waals surface area (Å²) in [5, 5.41) is 17.1. The monoisotopic (exact) mass is 473 g/mol. The van der Waals surface area contributed by atoms with Gasteiger partial charge in [0.05, 0.1) is 41.0 Å². The van der Waals surface area contributed by atoms with Gasteiger partial charge in [-0.05, 0) is 18.2 Å². The second-order valence-corrected chi connectivity index (χ2v) is 9.59. The van der Waals surface area contributed by atoms with Crippen molar-refractivity contribution < 1.29 is 13.5 Å². The van der Waals surface area contributed by atoms with E-state index in [1.807, 2.05) is 6.07 Å². The lowest BCUT2D eigenvalue weighted by molar-refractivity contribution is 0.473. The van der Waals surface area contributed by atoms with Crippen molar-refractivity contribution in [3.05, 3.63) is 55.5 Å². The third-order valence-electron chi connectivity index (χ3n) is 5.24. The number of imidazole rings is 2. The van der Waals surface area contributed by atoms with E-state index in [1.54, 1.807) is 35.3 Å². The van der Waals surface area contributed by atoms with Crippen LogP contribution in [0.15, 0.2) is 60.5 Å². The predicted molar refractivity (Wildman–Crippen MR) is 122 cm³/mol. The summed E-state index contributed by atoms with van der Waals surface area (Å²) in [6.07, 6.45) is 10.1. The molecule has 0 fully saturated rings. The van der Waals surface area contributed by atoms with E-state index in [9.17, 15) is 13.5 Å². The maximum atomic E-state index is 11.8. The first-order chi connectivity index (χ1) is 16.4. The molecule has 6 aromatic heterocycles. The van der Waals surface area contributed by atoms with Gasteiger partial charge in [0.25, 0.3) is 0 Å². The molecule has 0 saturated heterocycles. The van der Waals surface area contributed by atoms with Crippen molar-refractivity contribution in [2.24, 2.45) is 0 Å². The van der Waals surface area contributed by atoms with Gasteiger partial charge in [-0.3, -0.25) is 15.1 Å². The normalized spacial score (nSPS) is 12.0. The van der Waals surface area contributed by atoms with E-state index in [1.165, 1.54) is 18.7 Å². The van der Waals surface area contributed by atoms with Crippen LogP contribution in [0.3, 0.4) is 0 Å². The van der Waals surface area contributed by atoms with Gasteiger partial charge in [-0.15, -0.1) is 0 Å². The second-order valence-electron chi connectivity index (χ2n) is 7.63. The van der Waals surface area contributed by atoms with Crippen molar-refractivity contribution in [1.82, 2.24) is 44.7 Å². The van der Waals surface area contributed by atoms with Gasteiger partial charge in [0.1, 0.15) is 23.1 Å². The SMILES string of the molecule is CS(=O)(=O)c1cn(-c2cncc3[nH]c(-c4n[nH]c5ccc(-c6cncc(O)c6)nc45)nc23)cn1. The first-order valence-corrected chi connectivity index (χ1v) is 11.8. The highest BCUT2D eigenvalue weighted by molar-refractivity contribution is 7.90. The molecule has 0 spiro atoms. The van der Waals surface area contributed by atoms with E-state index in [2.05, 4.69) is 30.1 Å². The summed E-state index contributed by atoms with van der Waals surface area (Å²) in [6, 6.07) is 5.22. The molecule has 6 heterocycles. The van der Waals surface area contributed by atoms with Crippen molar-refractivity contribution in [1.29, 1.82) is 0 Å². The zero-order valence-corrected chi connectivity index (χ0v) is 18.3. The fraction of sp³-hybridized carbons (Fsp3) is 0.0476. The van der Waals surface area contributed by atoms with Crippen LogP contribution in [-0.4, -0.2) is 64.4 Å². The minimum Gasteiger partial charge on any atom is -0.506 e. The lowest BCUT2D eigenvalue weighted by Gasteiger charge is -2.01. The van der Waals surface area contributed by atoms with Crippen LogP contribution in [-0.2, 0) is 9.84 Å². The van der Waals surface area contributed by atoms with Crippen molar-refractivity contribution in [2.45, 2.75) is 5.03 Å². The summed E-state index contributed by atoms with van der Waals surface area (Å²) in [7, 11) is -3.45. The van der Waals surface area contributed by atoms with Crippen LogP contribution in [0.5, 0.6) is 5.75 Å². The molecule has 12 nitrogen and oxygen atoms in total. The maximum absolute atomic E-state index is 11.8. The first kappa shape index (κ1) is 20.0. The molecular formula is C21H15N9O3S. The number of rotatable bonds is 4. The average molecular weight is 473 g/mol.